The number of alkyl halides is 2. The molecule has 0 aromatic heterocycles. The van der Waals surface area contributed by atoms with Gasteiger partial charge in [0.2, 0.25) is 35.4 Å². The number of urea groups is 1. The molecule has 5 rings (SSSR count). The third-order valence-electron chi connectivity index (χ3n) is 17.1. The van der Waals surface area contributed by atoms with Gasteiger partial charge >= 0.3 is 24.2 Å². The largest absolute Gasteiger partial charge is 0.495 e. The van der Waals surface area contributed by atoms with Crippen molar-refractivity contribution < 1.29 is 81.5 Å². The fraction of sp³-hybridized carbons (Fsp3) is 0.600. The lowest BCUT2D eigenvalue weighted by molar-refractivity contribution is -0.162. The predicted octanol–water partition coefficient (Wildman–Crippen LogP) is 6.27. The van der Waals surface area contributed by atoms with Crippen LogP contribution in [0.2, 0.25) is 5.02 Å². The summed E-state index contributed by atoms with van der Waals surface area (Å²) in [6.07, 6.45) is 1.46. The van der Waals surface area contributed by atoms with Gasteiger partial charge in [-0.2, -0.15) is 0 Å². The number of unbranched alkanes of at least 4 members (excludes halogenated alkanes) is 2. The maximum Gasteiger partial charge on any atom is 0.409 e. The number of likely N-dealkylation sites (N-methyl/N-ethyl adjacent to an activating group) is 1. The zero-order chi connectivity index (χ0) is 70.5. The number of hydrogen-bond donors (Lipinski definition) is 8. The molecule has 526 valence electrons. The first kappa shape index (κ1) is 78.6. The number of amides is 10. The number of esters is 1. The number of aliphatic hydroxyl groups is 1. The molecule has 4 bridgehead atoms. The molecule has 95 heavy (non-hydrogen) atoms. The van der Waals surface area contributed by atoms with E-state index in [2.05, 4.69) is 63.8 Å². The highest BCUT2D eigenvalue weighted by Crippen LogP contribution is 2.49. The minimum Gasteiger partial charge on any atom is -0.495 e. The summed E-state index contributed by atoms with van der Waals surface area (Å²) < 4.78 is 35.0. The molecule has 2 saturated heterocycles. The lowest BCUT2D eigenvalue weighted by Crippen LogP contribution is -2.63. The summed E-state index contributed by atoms with van der Waals surface area (Å²) >= 11 is 13.5. The number of hydrogen-bond acceptors (Lipinski definition) is 17. The molecule has 2 aromatic carbocycles. The Morgan fingerprint density at radius 1 is 0.926 bits per heavy atom. The molecule has 27 nitrogen and oxygen atoms in total. The summed E-state index contributed by atoms with van der Waals surface area (Å²) in [5.41, 5.74) is 4.79. The second-order valence-corrected chi connectivity index (χ2v) is 26.4. The Morgan fingerprint density at radius 3 is 2.25 bits per heavy atom. The lowest BCUT2D eigenvalue weighted by atomic mass is 9.83. The van der Waals surface area contributed by atoms with E-state index in [1.807, 2.05) is 13.0 Å². The predicted molar refractivity (Wildman–Crippen MR) is 362 cm³/mol. The van der Waals surface area contributed by atoms with Gasteiger partial charge in [-0.1, -0.05) is 107 Å². The Morgan fingerprint density at radius 2 is 1.61 bits per heavy atom. The Kier molecular flexibility index (Phi) is 30.5. The Hall–Kier alpha value is -7.05. The number of alkyl carbamates (subject to hydrolysis) is 1. The number of carbonyl (C=O) groups is 10. The number of allylic oxidation sites excluding steroid dienone is 3. The summed E-state index contributed by atoms with van der Waals surface area (Å²) in [6.45, 7) is 10.6. The number of anilines is 2. The molecule has 2 fully saturated rings. The van der Waals surface area contributed by atoms with E-state index >= 15 is 0 Å². The lowest BCUT2D eigenvalue weighted by Gasteiger charge is -2.42. The van der Waals surface area contributed by atoms with Crippen LogP contribution in [-0.4, -0.2) is 194 Å². The molecule has 30 heteroatoms. The SMILES string of the molecule is COc1cc2cc(c1Cl)N(C)C(=O)C[C@H](OC(=O)[C@H](C)N(C)C(=O)CCN(C)C(=O)OCc1ccc(NC(=O)[C@H](CCCNC(N)=O)NC(=O)[C@@H](NC(=O)CCCCCNC(=O)C(CBr)CBr)C(C)C)cc1)[C@]1(C)O[C@H]1[C@H](C)[C@@H]1C[C@@](O)(NC(=O)O1)[C@H](OC)/C=C/C=C(\C)C2. The second-order valence-electron chi connectivity index (χ2n) is 24.7. The number of ether oxygens (including phenoxy) is 6. The third-order valence-corrected chi connectivity index (χ3v) is 19.0. The highest BCUT2D eigenvalue weighted by atomic mass is 79.9. The van der Waals surface area contributed by atoms with Crippen molar-refractivity contribution in [2.24, 2.45) is 23.5 Å². The molecular weight excluding hydrogens is 1390 g/mol. The van der Waals surface area contributed by atoms with E-state index < -0.39 is 114 Å². The van der Waals surface area contributed by atoms with E-state index in [9.17, 15) is 53.1 Å². The standard InChI is InChI=1S/C65H93Br2ClN10O17/c1-37(2)55(74-51(79)20-13-12-14-26-70-57(82)43(34-66)35-67)59(84)73-45(18-16-27-71-61(69)86)58(83)72-44-23-21-41(22-24-44)36-92-63(88)76(7)28-25-52(80)77(8)40(5)60(85)94-50-32-53(81)78(9)46-30-42(31-47(90-10)54(46)68)29-38(3)17-15-19-49(91-11)65(89)33-48(93-62(87)75-65)39(4)56-64(50,6)95-56/h15,17,19,21-24,30-31,37,39-40,43,45,48-50,55-56,89H,12-14,16,18,20,25-29,32-36H2,1-11H3,(H,70,82)(H,72,83)(H,73,84)(H,74,79)(H,75,87)(H3,69,71,86)/b19-15+,38-17+/t39-,40+,45+,48+,49-,50+,55+,56+,64+,65+/m1/s1. The number of nitrogens with one attached hydrogen (secondary N) is 6. The van der Waals surface area contributed by atoms with Crippen molar-refractivity contribution in [1.82, 2.24) is 36.4 Å². The summed E-state index contributed by atoms with van der Waals surface area (Å²) in [7, 11) is 7.21. The molecular formula is C65H93Br2ClN10O17. The van der Waals surface area contributed by atoms with E-state index in [1.54, 1.807) is 76.2 Å². The number of benzene rings is 2. The van der Waals surface area contributed by atoms with Gasteiger partial charge in [-0.3, -0.25) is 34.1 Å². The Labute approximate surface area is 576 Å². The van der Waals surface area contributed by atoms with Crippen LogP contribution < -0.4 is 47.3 Å². The van der Waals surface area contributed by atoms with E-state index in [4.69, 9.17) is 45.8 Å². The summed E-state index contributed by atoms with van der Waals surface area (Å²) in [4.78, 5) is 136. The first-order chi connectivity index (χ1) is 44.9. The molecule has 10 amide bonds. The van der Waals surface area contributed by atoms with Crippen LogP contribution >= 0.6 is 43.5 Å². The van der Waals surface area contributed by atoms with Crippen molar-refractivity contribution in [2.75, 3.05) is 75.9 Å². The van der Waals surface area contributed by atoms with Gasteiger partial charge in [0, 0.05) is 89.4 Å². The highest BCUT2D eigenvalue weighted by Gasteiger charge is 2.64. The number of halogens is 3. The zero-order valence-electron chi connectivity index (χ0n) is 55.8. The van der Waals surface area contributed by atoms with Gasteiger partial charge in [-0.25, -0.2) is 19.2 Å². The van der Waals surface area contributed by atoms with E-state index in [0.29, 0.717) is 65.6 Å². The fourth-order valence-corrected chi connectivity index (χ4v) is 12.8. The van der Waals surface area contributed by atoms with Crippen LogP contribution in [-0.2, 0) is 70.3 Å². The van der Waals surface area contributed by atoms with Crippen molar-refractivity contribution in [3.8, 4) is 5.75 Å². The number of carbonyl (C=O) groups excluding carboxylic acids is 10. The molecule has 9 N–H and O–H groups in total. The molecule has 2 aromatic rings. The molecule has 3 aliphatic heterocycles. The summed E-state index contributed by atoms with van der Waals surface area (Å²) in [5.74, 6) is -4.37. The third kappa shape index (κ3) is 22.8. The second kappa shape index (κ2) is 36.9. The summed E-state index contributed by atoms with van der Waals surface area (Å²) in [6, 6.07) is 5.83. The van der Waals surface area contributed by atoms with Crippen LogP contribution in [0, 0.1) is 17.8 Å². The average molecular weight is 1480 g/mol. The first-order valence-corrected chi connectivity index (χ1v) is 34.2. The molecule has 0 spiro atoms. The quantitative estimate of drug-likeness (QED) is 0.0146. The number of nitrogens with two attached hydrogens (primary N) is 1. The minimum atomic E-state index is -1.91. The van der Waals surface area contributed by atoms with Crippen molar-refractivity contribution in [2.45, 2.75) is 166 Å². The van der Waals surface area contributed by atoms with Crippen LogP contribution in [0.25, 0.3) is 0 Å². The van der Waals surface area contributed by atoms with Gasteiger partial charge in [0.25, 0.3) is 0 Å². The number of nitrogens with zero attached hydrogens (tertiary/aromatic N) is 3. The number of methoxy groups -OCH3 is 2. The molecule has 3 heterocycles. The van der Waals surface area contributed by atoms with Crippen LogP contribution in [0.1, 0.15) is 110 Å². The highest BCUT2D eigenvalue weighted by molar-refractivity contribution is 9.09. The van der Waals surface area contributed by atoms with Gasteiger partial charge in [0.15, 0.2) is 5.72 Å². The molecule has 0 aliphatic carbocycles. The van der Waals surface area contributed by atoms with Gasteiger partial charge in [0.05, 0.1) is 31.2 Å². The maximum absolute atomic E-state index is 14.5. The first-order valence-electron chi connectivity index (χ1n) is 31.6. The van der Waals surface area contributed by atoms with Gasteiger partial charge < -0.3 is 80.5 Å². The van der Waals surface area contributed by atoms with Crippen LogP contribution in [0.15, 0.2) is 60.2 Å². The van der Waals surface area contributed by atoms with Gasteiger partial charge in [0.1, 0.15) is 59.4 Å². The van der Waals surface area contributed by atoms with Crippen molar-refractivity contribution in [1.29, 1.82) is 0 Å². The Bertz CT molecular complexity index is 3100. The monoisotopic (exact) mass is 1480 g/mol. The maximum atomic E-state index is 14.5. The van der Waals surface area contributed by atoms with E-state index in [1.165, 1.54) is 52.1 Å². The van der Waals surface area contributed by atoms with E-state index in [-0.39, 0.29) is 80.5 Å². The average Bonchev–Trinajstić information content (AvgIpc) is 1.58. The topological polar surface area (TPSA) is 358 Å². The number of primary amides is 1. The molecule has 0 saturated carbocycles. The van der Waals surface area contributed by atoms with Gasteiger partial charge in [-0.15, -0.1) is 0 Å². The van der Waals surface area contributed by atoms with Crippen molar-refractivity contribution >= 4 is 114 Å². The van der Waals surface area contributed by atoms with E-state index in [0.717, 1.165) is 16.0 Å². The van der Waals surface area contributed by atoms with Crippen molar-refractivity contribution in [3.05, 3.63) is 76.3 Å². The normalized spacial score (nSPS) is 22.9. The van der Waals surface area contributed by atoms with Crippen LogP contribution in [0.3, 0.4) is 0 Å². The number of epoxide rings is 1. The fourth-order valence-electron chi connectivity index (χ4n) is 10.9. The summed E-state index contributed by atoms with van der Waals surface area (Å²) in [5, 5.41) is 29.3. The number of fused-ring (bicyclic) bond motifs is 5. The molecule has 10 atom stereocenters. The van der Waals surface area contributed by atoms with Crippen LogP contribution in [0.5, 0.6) is 5.75 Å². The smallest absolute Gasteiger partial charge is 0.409 e. The minimum absolute atomic E-state index is 0.0658. The molecule has 0 radical (unpaired) electrons. The zero-order valence-corrected chi connectivity index (χ0v) is 59.7. The molecule has 0 unspecified atom stereocenters. The van der Waals surface area contributed by atoms with Crippen molar-refractivity contribution in [3.63, 3.8) is 0 Å². The van der Waals surface area contributed by atoms with Gasteiger partial charge in [-0.05, 0) is 94.2 Å². The molecule has 3 aliphatic rings. The number of rotatable bonds is 29. The van der Waals surface area contributed by atoms with Crippen LogP contribution in [0.4, 0.5) is 25.8 Å². The Balaban J connectivity index is 1.18.